The Morgan fingerprint density at radius 2 is 2.19 bits per heavy atom. The van der Waals surface area contributed by atoms with Crippen LogP contribution >= 0.6 is 0 Å². The average molecular weight is 227 g/mol. The van der Waals surface area contributed by atoms with Crippen molar-refractivity contribution >= 4 is 5.91 Å². The molecule has 4 N–H and O–H groups in total. The van der Waals surface area contributed by atoms with Gasteiger partial charge in [0.05, 0.1) is 13.0 Å². The molecule has 0 aliphatic carbocycles. The number of aromatic nitrogens is 2. The molecule has 1 amide bonds. The zero-order valence-corrected chi connectivity index (χ0v) is 8.74. The molecule has 1 aromatic heterocycles. The second-order valence-electron chi connectivity index (χ2n) is 3.44. The number of H-pyrrole nitrogens is 2. The van der Waals surface area contributed by atoms with Crippen molar-refractivity contribution in [3.05, 3.63) is 32.6 Å². The molecule has 0 saturated heterocycles. The van der Waals surface area contributed by atoms with Crippen LogP contribution in [0.4, 0.5) is 0 Å². The van der Waals surface area contributed by atoms with Gasteiger partial charge in [0.1, 0.15) is 0 Å². The highest BCUT2D eigenvalue weighted by Gasteiger charge is 2.08. The fourth-order valence-corrected chi connectivity index (χ4v) is 1.16. The first-order chi connectivity index (χ1) is 7.51. The summed E-state index contributed by atoms with van der Waals surface area (Å²) in [7, 11) is 0. The average Bonchev–Trinajstić information content (AvgIpc) is 2.15. The van der Waals surface area contributed by atoms with E-state index in [1.54, 1.807) is 6.92 Å². The summed E-state index contributed by atoms with van der Waals surface area (Å²) in [6.45, 7) is 1.47. The van der Waals surface area contributed by atoms with E-state index in [-0.39, 0.29) is 30.7 Å². The van der Waals surface area contributed by atoms with Crippen molar-refractivity contribution in [2.75, 3.05) is 6.61 Å². The zero-order chi connectivity index (χ0) is 12.1. The van der Waals surface area contributed by atoms with Crippen molar-refractivity contribution in [3.63, 3.8) is 0 Å². The van der Waals surface area contributed by atoms with E-state index in [2.05, 4.69) is 10.3 Å². The van der Waals surface area contributed by atoms with Gasteiger partial charge in [-0.25, -0.2) is 4.79 Å². The number of carbonyl (C=O) groups is 1. The number of aliphatic hydroxyl groups excluding tert-OH is 1. The number of amides is 1. The molecule has 0 aliphatic rings. The highest BCUT2D eigenvalue weighted by Crippen LogP contribution is 1.89. The van der Waals surface area contributed by atoms with Crippen LogP contribution in [-0.4, -0.2) is 33.6 Å². The molecule has 0 unspecified atom stereocenters. The summed E-state index contributed by atoms with van der Waals surface area (Å²) in [6.07, 6.45) is -0.108. The van der Waals surface area contributed by atoms with Gasteiger partial charge < -0.3 is 15.4 Å². The molecule has 1 heterocycles. The Balaban J connectivity index is 2.70. The van der Waals surface area contributed by atoms with Crippen molar-refractivity contribution < 1.29 is 9.90 Å². The first kappa shape index (κ1) is 12.2. The number of carbonyl (C=O) groups excluding carboxylic acids is 1. The van der Waals surface area contributed by atoms with Gasteiger partial charge in [-0.2, -0.15) is 0 Å². The number of aromatic amines is 2. The maximum Gasteiger partial charge on any atom is 0.325 e. The van der Waals surface area contributed by atoms with Crippen LogP contribution in [0.25, 0.3) is 0 Å². The van der Waals surface area contributed by atoms with Crippen LogP contribution in [0.2, 0.25) is 0 Å². The highest BCUT2D eigenvalue weighted by atomic mass is 16.3. The van der Waals surface area contributed by atoms with Crippen molar-refractivity contribution in [2.24, 2.45) is 0 Å². The Kier molecular flexibility index (Phi) is 4.01. The summed E-state index contributed by atoms with van der Waals surface area (Å²) in [6, 6.07) is 0.783. The lowest BCUT2D eigenvalue weighted by atomic mass is 10.2. The molecule has 0 spiro atoms. The third-order valence-electron chi connectivity index (χ3n) is 1.85. The lowest BCUT2D eigenvalue weighted by Crippen LogP contribution is -2.36. The molecular formula is C9H13N3O4. The number of nitrogens with one attached hydrogen (secondary N) is 3. The second kappa shape index (κ2) is 5.26. The van der Waals surface area contributed by atoms with Gasteiger partial charge in [-0.3, -0.25) is 14.6 Å². The Labute approximate surface area is 90.5 Å². The molecule has 1 atom stereocenters. The minimum atomic E-state index is -0.648. The molecule has 1 rings (SSSR count). The maximum atomic E-state index is 11.3. The SMILES string of the molecule is C[C@@H](CO)NC(=O)Cc1cc(=O)[nH]c(=O)[nH]1. The Morgan fingerprint density at radius 1 is 1.50 bits per heavy atom. The van der Waals surface area contributed by atoms with Crippen LogP contribution < -0.4 is 16.6 Å². The topological polar surface area (TPSA) is 115 Å². The van der Waals surface area contributed by atoms with Crippen LogP contribution in [0.15, 0.2) is 15.7 Å². The van der Waals surface area contributed by atoms with Gasteiger partial charge in [0.2, 0.25) is 5.91 Å². The third-order valence-corrected chi connectivity index (χ3v) is 1.85. The van der Waals surface area contributed by atoms with Crippen LogP contribution in [0.1, 0.15) is 12.6 Å². The molecule has 1 aromatic rings. The molecule has 0 radical (unpaired) electrons. The molecule has 7 heteroatoms. The minimum absolute atomic E-state index is 0.108. The molecule has 0 saturated carbocycles. The van der Waals surface area contributed by atoms with Gasteiger partial charge in [0, 0.05) is 17.8 Å². The van der Waals surface area contributed by atoms with Gasteiger partial charge in [-0.15, -0.1) is 0 Å². The predicted octanol–water partition coefficient (Wildman–Crippen LogP) is -1.90. The molecule has 0 aliphatic heterocycles. The van der Waals surface area contributed by atoms with E-state index in [4.69, 9.17) is 5.11 Å². The molecule has 0 bridgehead atoms. The molecule has 88 valence electrons. The first-order valence-electron chi connectivity index (χ1n) is 4.74. The molecule has 0 aromatic carbocycles. The van der Waals surface area contributed by atoms with Gasteiger partial charge in [0.15, 0.2) is 0 Å². The number of rotatable bonds is 4. The standard InChI is InChI=1S/C9H13N3O4/c1-5(4-13)10-7(14)2-6-3-8(15)12-9(16)11-6/h3,5,13H,2,4H2,1H3,(H,10,14)(H2,11,12,15,16)/t5-/m0/s1. The van der Waals surface area contributed by atoms with E-state index in [1.165, 1.54) is 0 Å². The maximum absolute atomic E-state index is 11.3. The summed E-state index contributed by atoms with van der Waals surface area (Å²) < 4.78 is 0. The van der Waals surface area contributed by atoms with Crippen LogP contribution in [-0.2, 0) is 11.2 Å². The van der Waals surface area contributed by atoms with Gasteiger partial charge in [-0.1, -0.05) is 0 Å². The highest BCUT2D eigenvalue weighted by molar-refractivity contribution is 5.78. The number of hydrogen-bond donors (Lipinski definition) is 4. The fraction of sp³-hybridized carbons (Fsp3) is 0.444. The molecule has 0 fully saturated rings. The summed E-state index contributed by atoms with van der Waals surface area (Å²) in [5.41, 5.74) is -0.969. The number of aliphatic hydroxyl groups is 1. The Morgan fingerprint density at radius 3 is 2.75 bits per heavy atom. The minimum Gasteiger partial charge on any atom is -0.394 e. The molecule has 16 heavy (non-hydrogen) atoms. The van der Waals surface area contributed by atoms with Crippen molar-refractivity contribution in [1.82, 2.24) is 15.3 Å². The van der Waals surface area contributed by atoms with E-state index in [0.29, 0.717) is 0 Å². The summed E-state index contributed by atoms with van der Waals surface area (Å²) in [4.78, 5) is 37.5. The summed E-state index contributed by atoms with van der Waals surface area (Å²) >= 11 is 0. The van der Waals surface area contributed by atoms with Crippen molar-refractivity contribution in [2.45, 2.75) is 19.4 Å². The molecule has 7 nitrogen and oxygen atoms in total. The lowest BCUT2D eigenvalue weighted by Gasteiger charge is -2.10. The van der Waals surface area contributed by atoms with E-state index in [1.807, 2.05) is 4.98 Å². The lowest BCUT2D eigenvalue weighted by molar-refractivity contribution is -0.121. The first-order valence-corrected chi connectivity index (χ1v) is 4.74. The van der Waals surface area contributed by atoms with Gasteiger partial charge >= 0.3 is 5.69 Å². The summed E-state index contributed by atoms with van der Waals surface area (Å²) in [5, 5.41) is 11.2. The van der Waals surface area contributed by atoms with E-state index in [9.17, 15) is 14.4 Å². The van der Waals surface area contributed by atoms with Crippen LogP contribution in [0, 0.1) is 0 Å². The van der Waals surface area contributed by atoms with Crippen LogP contribution in [0.3, 0.4) is 0 Å². The zero-order valence-electron chi connectivity index (χ0n) is 8.74. The largest absolute Gasteiger partial charge is 0.394 e. The van der Waals surface area contributed by atoms with E-state index < -0.39 is 11.2 Å². The summed E-state index contributed by atoms with van der Waals surface area (Å²) in [5.74, 6) is -0.372. The van der Waals surface area contributed by atoms with Gasteiger partial charge in [-0.05, 0) is 6.92 Å². The smallest absolute Gasteiger partial charge is 0.325 e. The quantitative estimate of drug-likeness (QED) is 0.481. The normalized spacial score (nSPS) is 12.1. The van der Waals surface area contributed by atoms with Crippen molar-refractivity contribution in [1.29, 1.82) is 0 Å². The van der Waals surface area contributed by atoms with Gasteiger partial charge in [0.25, 0.3) is 5.56 Å². The monoisotopic (exact) mass is 227 g/mol. The Bertz CT molecular complexity index is 448. The predicted molar refractivity (Wildman–Crippen MR) is 56.1 cm³/mol. The second-order valence-corrected chi connectivity index (χ2v) is 3.44. The third kappa shape index (κ3) is 3.70. The number of hydrogen-bond acceptors (Lipinski definition) is 4. The van der Waals surface area contributed by atoms with Crippen LogP contribution in [0.5, 0.6) is 0 Å². The van der Waals surface area contributed by atoms with Crippen molar-refractivity contribution in [3.8, 4) is 0 Å². The Hall–Kier alpha value is -1.89. The van der Waals surface area contributed by atoms with E-state index >= 15 is 0 Å². The molecular weight excluding hydrogens is 214 g/mol. The fourth-order valence-electron chi connectivity index (χ4n) is 1.16. The van der Waals surface area contributed by atoms with E-state index in [0.717, 1.165) is 6.07 Å².